The van der Waals surface area contributed by atoms with E-state index in [2.05, 4.69) is 42.7 Å². The van der Waals surface area contributed by atoms with Crippen molar-refractivity contribution >= 4 is 15.9 Å². The maximum Gasteiger partial charge on any atom is 0.205 e. The average Bonchev–Trinajstić information content (AvgIpc) is 2.98. The van der Waals surface area contributed by atoms with Crippen LogP contribution in [0.4, 0.5) is 0 Å². The summed E-state index contributed by atoms with van der Waals surface area (Å²) in [7, 11) is 1.91. The average molecular weight is 344 g/mol. The van der Waals surface area contributed by atoms with Crippen LogP contribution in [-0.2, 0) is 6.54 Å². The zero-order valence-corrected chi connectivity index (χ0v) is 13.1. The molecule has 1 N–H and O–H groups in total. The van der Waals surface area contributed by atoms with E-state index in [1.165, 1.54) is 0 Å². The van der Waals surface area contributed by atoms with Crippen LogP contribution in [0.5, 0.6) is 0 Å². The number of rotatable bonds is 4. The van der Waals surface area contributed by atoms with Gasteiger partial charge in [-0.05, 0) is 36.0 Å². The molecule has 21 heavy (non-hydrogen) atoms. The molecule has 0 unspecified atom stereocenters. The predicted octanol–water partition coefficient (Wildman–Crippen LogP) is 2.81. The van der Waals surface area contributed by atoms with E-state index in [-0.39, 0.29) is 0 Å². The summed E-state index contributed by atoms with van der Waals surface area (Å²) in [6, 6.07) is 15.8. The molecule has 0 fully saturated rings. The van der Waals surface area contributed by atoms with Crippen molar-refractivity contribution in [2.24, 2.45) is 0 Å². The molecular weight excluding hydrogens is 330 g/mol. The molecule has 2 aromatic carbocycles. The van der Waals surface area contributed by atoms with Gasteiger partial charge in [0.2, 0.25) is 5.82 Å². The third-order valence-corrected chi connectivity index (χ3v) is 3.56. The first-order valence-corrected chi connectivity index (χ1v) is 7.36. The highest BCUT2D eigenvalue weighted by molar-refractivity contribution is 9.10. The van der Waals surface area contributed by atoms with Gasteiger partial charge >= 0.3 is 0 Å². The Labute approximate surface area is 131 Å². The Kier molecular flexibility index (Phi) is 4.08. The summed E-state index contributed by atoms with van der Waals surface area (Å²) < 4.78 is 1.03. The van der Waals surface area contributed by atoms with Gasteiger partial charge in [-0.2, -0.15) is 0 Å². The first kappa shape index (κ1) is 13.9. The van der Waals surface area contributed by atoms with E-state index in [9.17, 15) is 0 Å². The number of halogens is 1. The number of benzene rings is 2. The van der Waals surface area contributed by atoms with Gasteiger partial charge in [-0.1, -0.05) is 46.3 Å². The molecule has 0 amide bonds. The quantitative estimate of drug-likeness (QED) is 0.791. The molecule has 5 nitrogen and oxygen atoms in total. The molecule has 106 valence electrons. The summed E-state index contributed by atoms with van der Waals surface area (Å²) in [5, 5.41) is 15.9. The second-order valence-electron chi connectivity index (χ2n) is 4.57. The molecule has 0 aliphatic carbocycles. The molecule has 0 bridgehead atoms. The summed E-state index contributed by atoms with van der Waals surface area (Å²) in [4.78, 5) is 1.57. The molecule has 0 atom stereocenters. The van der Waals surface area contributed by atoms with Gasteiger partial charge in [-0.3, -0.25) is 0 Å². The zero-order valence-electron chi connectivity index (χ0n) is 11.5. The summed E-state index contributed by atoms with van der Waals surface area (Å²) >= 11 is 3.49. The Bertz CT molecular complexity index is 739. The van der Waals surface area contributed by atoms with E-state index >= 15 is 0 Å². The van der Waals surface area contributed by atoms with Gasteiger partial charge in [0.05, 0.1) is 5.69 Å². The third-order valence-electron chi connectivity index (χ3n) is 3.07. The Balaban J connectivity index is 2.00. The van der Waals surface area contributed by atoms with E-state index in [1.54, 1.807) is 4.80 Å². The van der Waals surface area contributed by atoms with Crippen molar-refractivity contribution in [3.8, 4) is 17.1 Å². The van der Waals surface area contributed by atoms with Crippen molar-refractivity contribution < 1.29 is 0 Å². The zero-order chi connectivity index (χ0) is 14.7. The highest BCUT2D eigenvalue weighted by Crippen LogP contribution is 2.20. The standard InChI is InChI=1S/C15H14BrN5/c1-17-10-12-9-13(16)7-8-14(12)21-19-15(18-20-21)11-5-3-2-4-6-11/h2-9,17H,10H2,1H3. The lowest BCUT2D eigenvalue weighted by atomic mass is 10.2. The van der Waals surface area contributed by atoms with Crippen molar-refractivity contribution in [3.63, 3.8) is 0 Å². The molecule has 0 aliphatic heterocycles. The van der Waals surface area contributed by atoms with Crippen LogP contribution in [0, 0.1) is 0 Å². The van der Waals surface area contributed by atoms with Crippen LogP contribution in [0.15, 0.2) is 53.0 Å². The molecule has 1 aromatic heterocycles. The minimum Gasteiger partial charge on any atom is -0.316 e. The normalized spacial score (nSPS) is 10.8. The number of nitrogens with one attached hydrogen (secondary N) is 1. The molecule has 3 aromatic rings. The van der Waals surface area contributed by atoms with Crippen LogP contribution in [-0.4, -0.2) is 27.3 Å². The molecule has 6 heteroatoms. The van der Waals surface area contributed by atoms with Gasteiger partial charge in [0.1, 0.15) is 0 Å². The third kappa shape index (κ3) is 3.01. The molecule has 0 radical (unpaired) electrons. The maximum absolute atomic E-state index is 4.47. The minimum atomic E-state index is 0.619. The van der Waals surface area contributed by atoms with Crippen LogP contribution in [0.3, 0.4) is 0 Å². The Hall–Kier alpha value is -2.05. The second-order valence-corrected chi connectivity index (χ2v) is 5.49. The van der Waals surface area contributed by atoms with Crippen molar-refractivity contribution in [2.45, 2.75) is 6.54 Å². The monoisotopic (exact) mass is 343 g/mol. The van der Waals surface area contributed by atoms with E-state index in [0.717, 1.165) is 27.8 Å². The molecule has 0 aliphatic rings. The van der Waals surface area contributed by atoms with E-state index in [1.807, 2.05) is 49.5 Å². The van der Waals surface area contributed by atoms with Gasteiger partial charge in [0, 0.05) is 16.6 Å². The van der Waals surface area contributed by atoms with Crippen molar-refractivity contribution in [3.05, 3.63) is 58.6 Å². The number of hydrogen-bond acceptors (Lipinski definition) is 4. The van der Waals surface area contributed by atoms with Crippen LogP contribution in [0.1, 0.15) is 5.56 Å². The Morgan fingerprint density at radius 3 is 2.71 bits per heavy atom. The summed E-state index contributed by atoms with van der Waals surface area (Å²) in [5.41, 5.74) is 2.97. The maximum atomic E-state index is 4.47. The molecule has 0 saturated heterocycles. The van der Waals surface area contributed by atoms with Crippen LogP contribution < -0.4 is 5.32 Å². The Morgan fingerprint density at radius 1 is 1.14 bits per heavy atom. The lowest BCUT2D eigenvalue weighted by molar-refractivity contribution is 0.701. The predicted molar refractivity (Wildman–Crippen MR) is 85.1 cm³/mol. The SMILES string of the molecule is CNCc1cc(Br)ccc1-n1nnc(-c2ccccc2)n1. The van der Waals surface area contributed by atoms with Crippen molar-refractivity contribution in [1.82, 2.24) is 25.5 Å². The highest BCUT2D eigenvalue weighted by atomic mass is 79.9. The van der Waals surface area contributed by atoms with Crippen molar-refractivity contribution in [1.29, 1.82) is 0 Å². The van der Waals surface area contributed by atoms with Gasteiger partial charge in [0.15, 0.2) is 0 Å². The van der Waals surface area contributed by atoms with E-state index in [4.69, 9.17) is 0 Å². The van der Waals surface area contributed by atoms with Gasteiger partial charge in [0.25, 0.3) is 0 Å². The largest absolute Gasteiger partial charge is 0.316 e. The molecule has 0 spiro atoms. The minimum absolute atomic E-state index is 0.619. The fourth-order valence-electron chi connectivity index (χ4n) is 2.10. The lowest BCUT2D eigenvalue weighted by Crippen LogP contribution is -2.10. The van der Waals surface area contributed by atoms with Gasteiger partial charge in [-0.25, -0.2) is 0 Å². The van der Waals surface area contributed by atoms with Gasteiger partial charge < -0.3 is 5.32 Å². The molecule has 0 saturated carbocycles. The van der Waals surface area contributed by atoms with E-state index < -0.39 is 0 Å². The smallest absolute Gasteiger partial charge is 0.205 e. The molecule has 3 rings (SSSR count). The first-order valence-electron chi connectivity index (χ1n) is 6.57. The summed E-state index contributed by atoms with van der Waals surface area (Å²) in [6.07, 6.45) is 0. The first-order chi connectivity index (χ1) is 10.3. The number of aromatic nitrogens is 4. The fourth-order valence-corrected chi connectivity index (χ4v) is 2.51. The number of tetrazole rings is 1. The van der Waals surface area contributed by atoms with Crippen LogP contribution in [0.25, 0.3) is 17.1 Å². The lowest BCUT2D eigenvalue weighted by Gasteiger charge is -2.07. The van der Waals surface area contributed by atoms with Crippen LogP contribution in [0.2, 0.25) is 0 Å². The number of nitrogens with zero attached hydrogens (tertiary/aromatic N) is 4. The topological polar surface area (TPSA) is 55.6 Å². The number of hydrogen-bond donors (Lipinski definition) is 1. The van der Waals surface area contributed by atoms with Crippen LogP contribution >= 0.6 is 15.9 Å². The second kappa shape index (κ2) is 6.15. The van der Waals surface area contributed by atoms with Gasteiger partial charge in [-0.15, -0.1) is 15.0 Å². The molecular formula is C15H14BrN5. The highest BCUT2D eigenvalue weighted by Gasteiger charge is 2.10. The fraction of sp³-hybridized carbons (Fsp3) is 0.133. The molecule has 1 heterocycles. The Morgan fingerprint density at radius 2 is 1.95 bits per heavy atom. The summed E-state index contributed by atoms with van der Waals surface area (Å²) in [5.74, 6) is 0.619. The van der Waals surface area contributed by atoms with Crippen molar-refractivity contribution in [2.75, 3.05) is 7.05 Å². The summed E-state index contributed by atoms with van der Waals surface area (Å²) in [6.45, 7) is 0.733. The van der Waals surface area contributed by atoms with E-state index in [0.29, 0.717) is 5.82 Å².